The van der Waals surface area contributed by atoms with Gasteiger partial charge in [-0.2, -0.15) is 0 Å². The van der Waals surface area contributed by atoms with E-state index in [0.29, 0.717) is 33.9 Å². The number of rotatable bonds is 5. The summed E-state index contributed by atoms with van der Waals surface area (Å²) in [5, 5.41) is 8.31. The topological polar surface area (TPSA) is 80.2 Å². The average Bonchev–Trinajstić information content (AvgIpc) is 3.10. The van der Waals surface area contributed by atoms with E-state index < -0.39 is 5.37 Å². The monoisotopic (exact) mass is 433 g/mol. The molecule has 7 nitrogen and oxygen atoms in total. The Hall–Kier alpha value is -2.71. The number of thioether (sulfide) groups is 1. The number of nitrogens with zero attached hydrogens (tertiary/aromatic N) is 2. The molecule has 3 rings (SSSR count). The molecule has 0 aromatic heterocycles. The summed E-state index contributed by atoms with van der Waals surface area (Å²) in [4.78, 5) is 23.4. The normalized spacial score (nSPS) is 15.7. The molecule has 0 spiro atoms. The summed E-state index contributed by atoms with van der Waals surface area (Å²) in [5.41, 5.74) is 1.69. The van der Waals surface area contributed by atoms with Gasteiger partial charge < -0.3 is 14.8 Å². The third kappa shape index (κ3) is 5.02. The molecule has 1 heterocycles. The number of hydrogen-bond donors (Lipinski definition) is 1. The molecule has 0 saturated heterocycles. The maximum absolute atomic E-state index is 12.0. The minimum absolute atomic E-state index is 0.262. The van der Waals surface area contributed by atoms with E-state index in [-0.39, 0.29) is 11.8 Å². The molecule has 1 aliphatic heterocycles. The fourth-order valence-corrected chi connectivity index (χ4v) is 4.12. The van der Waals surface area contributed by atoms with Gasteiger partial charge in [0.2, 0.25) is 11.8 Å². The maximum atomic E-state index is 12.0. The van der Waals surface area contributed by atoms with Crippen molar-refractivity contribution in [1.29, 1.82) is 0 Å². The first kappa shape index (κ1) is 21.0. The highest BCUT2D eigenvalue weighted by Gasteiger charge is 2.33. The lowest BCUT2D eigenvalue weighted by molar-refractivity contribution is -0.129. The van der Waals surface area contributed by atoms with Gasteiger partial charge in [-0.3, -0.25) is 9.59 Å². The number of carbonyl (C=O) groups excluding carboxylic acids is 2. The Labute approximate surface area is 178 Å². The second-order valence-corrected chi connectivity index (χ2v) is 7.70. The SMILES string of the molecule is COc1cc(C2SC(NC(C)=O)=NN2C(C)=O)cc(Cl)c1OCc1ccccc1. The highest BCUT2D eigenvalue weighted by atomic mass is 35.5. The Morgan fingerprint density at radius 1 is 1.24 bits per heavy atom. The molecular weight excluding hydrogens is 414 g/mol. The highest BCUT2D eigenvalue weighted by molar-refractivity contribution is 8.14. The predicted octanol–water partition coefficient (Wildman–Crippen LogP) is 3.93. The minimum atomic E-state index is -0.482. The summed E-state index contributed by atoms with van der Waals surface area (Å²) < 4.78 is 11.4. The molecule has 1 aliphatic rings. The highest BCUT2D eigenvalue weighted by Crippen LogP contribution is 2.44. The van der Waals surface area contributed by atoms with Crippen LogP contribution in [0.4, 0.5) is 0 Å². The fourth-order valence-electron chi connectivity index (χ4n) is 2.73. The number of hydrazone groups is 1. The zero-order valence-electron chi connectivity index (χ0n) is 16.1. The summed E-state index contributed by atoms with van der Waals surface area (Å²) in [6.45, 7) is 3.13. The third-order valence-corrected chi connectivity index (χ3v) is 5.40. The van der Waals surface area contributed by atoms with Crippen molar-refractivity contribution < 1.29 is 19.1 Å². The van der Waals surface area contributed by atoms with E-state index in [1.807, 2.05) is 30.3 Å². The smallest absolute Gasteiger partial charge is 0.241 e. The Morgan fingerprint density at radius 3 is 2.59 bits per heavy atom. The number of nitrogens with one attached hydrogen (secondary N) is 1. The predicted molar refractivity (Wildman–Crippen MR) is 113 cm³/mol. The van der Waals surface area contributed by atoms with Crippen LogP contribution < -0.4 is 14.8 Å². The summed E-state index contributed by atoms with van der Waals surface area (Å²) in [7, 11) is 1.52. The van der Waals surface area contributed by atoms with E-state index in [1.165, 1.54) is 37.7 Å². The number of amides is 2. The van der Waals surface area contributed by atoms with Crippen molar-refractivity contribution in [2.24, 2.45) is 5.10 Å². The van der Waals surface area contributed by atoms with Crippen LogP contribution in [0.15, 0.2) is 47.6 Å². The van der Waals surface area contributed by atoms with Gasteiger partial charge in [-0.1, -0.05) is 53.7 Å². The van der Waals surface area contributed by atoms with Gasteiger partial charge in [0.1, 0.15) is 12.0 Å². The van der Waals surface area contributed by atoms with E-state index in [4.69, 9.17) is 21.1 Å². The lowest BCUT2D eigenvalue weighted by Gasteiger charge is -2.21. The van der Waals surface area contributed by atoms with Crippen LogP contribution in [0, 0.1) is 0 Å². The molecule has 0 fully saturated rings. The first-order chi connectivity index (χ1) is 13.9. The summed E-state index contributed by atoms with van der Waals surface area (Å²) in [6.07, 6.45) is 0. The number of methoxy groups -OCH3 is 1. The Bertz CT molecular complexity index is 952. The molecular formula is C20H20ClN3O4S. The molecule has 29 heavy (non-hydrogen) atoms. The third-order valence-electron chi connectivity index (χ3n) is 4.01. The minimum Gasteiger partial charge on any atom is -0.493 e. The molecule has 1 N–H and O–H groups in total. The summed E-state index contributed by atoms with van der Waals surface area (Å²) >= 11 is 7.72. The number of hydrogen-bond acceptors (Lipinski definition) is 6. The molecule has 0 radical (unpaired) electrons. The standard InChI is InChI=1S/C20H20ClN3O4S/c1-12(25)22-20-23-24(13(2)26)19(29-20)15-9-16(21)18(17(10-15)27-3)28-11-14-7-5-4-6-8-14/h4-10,19H,11H2,1-3H3,(H,22,23,25). The van der Waals surface area contributed by atoms with Crippen molar-refractivity contribution in [3.8, 4) is 11.5 Å². The molecule has 2 amide bonds. The zero-order chi connectivity index (χ0) is 21.0. The molecule has 1 atom stereocenters. The Morgan fingerprint density at radius 2 is 1.97 bits per heavy atom. The summed E-state index contributed by atoms with van der Waals surface area (Å²) in [6, 6.07) is 13.2. The largest absolute Gasteiger partial charge is 0.493 e. The van der Waals surface area contributed by atoms with Gasteiger partial charge in [0.15, 0.2) is 16.7 Å². The lowest BCUT2D eigenvalue weighted by Crippen LogP contribution is -2.25. The van der Waals surface area contributed by atoms with Crippen molar-refractivity contribution in [3.05, 3.63) is 58.6 Å². The van der Waals surface area contributed by atoms with Crippen molar-refractivity contribution in [2.45, 2.75) is 25.8 Å². The second-order valence-electron chi connectivity index (χ2n) is 6.23. The number of carbonyl (C=O) groups is 2. The molecule has 9 heteroatoms. The van der Waals surface area contributed by atoms with Crippen molar-refractivity contribution >= 4 is 40.3 Å². The number of amidine groups is 1. The van der Waals surface area contributed by atoms with Gasteiger partial charge in [0.25, 0.3) is 0 Å². The average molecular weight is 434 g/mol. The van der Waals surface area contributed by atoms with Crippen LogP contribution in [0.5, 0.6) is 11.5 Å². The fraction of sp³-hybridized carbons (Fsp3) is 0.250. The summed E-state index contributed by atoms with van der Waals surface area (Å²) in [5.74, 6) is 0.339. The quantitative estimate of drug-likeness (QED) is 0.772. The molecule has 1 unspecified atom stereocenters. The van der Waals surface area contributed by atoms with Gasteiger partial charge in [-0.25, -0.2) is 5.01 Å². The van der Waals surface area contributed by atoms with E-state index in [1.54, 1.807) is 12.1 Å². The van der Waals surface area contributed by atoms with Crippen molar-refractivity contribution in [1.82, 2.24) is 10.3 Å². The first-order valence-electron chi connectivity index (χ1n) is 8.76. The molecule has 0 saturated carbocycles. The maximum Gasteiger partial charge on any atom is 0.241 e. The number of ether oxygens (including phenoxy) is 2. The lowest BCUT2D eigenvalue weighted by atomic mass is 10.2. The molecule has 2 aromatic carbocycles. The van der Waals surface area contributed by atoms with E-state index in [2.05, 4.69) is 10.4 Å². The number of halogens is 1. The molecule has 2 aromatic rings. The van der Waals surface area contributed by atoms with Gasteiger partial charge in [-0.05, 0) is 23.3 Å². The van der Waals surface area contributed by atoms with Gasteiger partial charge >= 0.3 is 0 Å². The van der Waals surface area contributed by atoms with E-state index in [9.17, 15) is 9.59 Å². The van der Waals surface area contributed by atoms with Crippen LogP contribution in [0.2, 0.25) is 5.02 Å². The Balaban J connectivity index is 1.86. The van der Waals surface area contributed by atoms with Gasteiger partial charge in [-0.15, -0.1) is 5.10 Å². The van der Waals surface area contributed by atoms with Crippen LogP contribution in [0.25, 0.3) is 0 Å². The van der Waals surface area contributed by atoms with E-state index >= 15 is 0 Å². The Kier molecular flexibility index (Phi) is 6.66. The molecule has 0 aliphatic carbocycles. The first-order valence-corrected chi connectivity index (χ1v) is 10.0. The number of benzene rings is 2. The van der Waals surface area contributed by atoms with Crippen LogP contribution >= 0.6 is 23.4 Å². The van der Waals surface area contributed by atoms with Gasteiger partial charge in [0, 0.05) is 13.8 Å². The van der Waals surface area contributed by atoms with Crippen LogP contribution in [0.1, 0.15) is 30.3 Å². The molecule has 0 bridgehead atoms. The van der Waals surface area contributed by atoms with Crippen LogP contribution in [-0.2, 0) is 16.2 Å². The van der Waals surface area contributed by atoms with Gasteiger partial charge in [0.05, 0.1) is 12.1 Å². The zero-order valence-corrected chi connectivity index (χ0v) is 17.7. The van der Waals surface area contributed by atoms with Crippen LogP contribution in [0.3, 0.4) is 0 Å². The molecule has 152 valence electrons. The van der Waals surface area contributed by atoms with E-state index in [0.717, 1.165) is 5.56 Å². The second kappa shape index (κ2) is 9.19. The van der Waals surface area contributed by atoms with Crippen LogP contribution in [-0.4, -0.2) is 29.1 Å². The van der Waals surface area contributed by atoms with Crippen molar-refractivity contribution in [3.63, 3.8) is 0 Å². The van der Waals surface area contributed by atoms with Crippen molar-refractivity contribution in [2.75, 3.05) is 7.11 Å².